The van der Waals surface area contributed by atoms with Gasteiger partial charge in [-0.3, -0.25) is 9.59 Å². The standard InChI is InChI=1S/C21H23N5O2/c1-26(13-14-8-10-22-11-9-14)21(28)19-6-5-18(24-25-19)16-2-4-17-15(12-16)3-7-20(27)23-17/h2-7,12,14,22H,8-11,13H2,1H3,(H,23,27). The van der Waals surface area contributed by atoms with Crippen molar-refractivity contribution in [3.8, 4) is 11.3 Å². The summed E-state index contributed by atoms with van der Waals surface area (Å²) in [6, 6.07) is 12.5. The summed E-state index contributed by atoms with van der Waals surface area (Å²) >= 11 is 0. The number of fused-ring (bicyclic) bond motifs is 1. The van der Waals surface area contributed by atoms with Crippen molar-refractivity contribution < 1.29 is 4.79 Å². The van der Waals surface area contributed by atoms with Gasteiger partial charge in [0.05, 0.1) is 5.69 Å². The van der Waals surface area contributed by atoms with E-state index >= 15 is 0 Å². The van der Waals surface area contributed by atoms with Gasteiger partial charge in [-0.25, -0.2) is 0 Å². The van der Waals surface area contributed by atoms with Crippen LogP contribution >= 0.6 is 0 Å². The summed E-state index contributed by atoms with van der Waals surface area (Å²) < 4.78 is 0. The van der Waals surface area contributed by atoms with Crippen molar-refractivity contribution in [2.45, 2.75) is 12.8 Å². The molecule has 144 valence electrons. The van der Waals surface area contributed by atoms with Gasteiger partial charge in [0.25, 0.3) is 5.91 Å². The SMILES string of the molecule is CN(CC1CCNCC1)C(=O)c1ccc(-c2ccc3[nH]c(=O)ccc3c2)nn1. The fourth-order valence-electron chi connectivity index (χ4n) is 3.64. The van der Waals surface area contributed by atoms with E-state index in [1.54, 1.807) is 17.0 Å². The quantitative estimate of drug-likeness (QED) is 0.726. The summed E-state index contributed by atoms with van der Waals surface area (Å²) in [6.45, 7) is 2.77. The fraction of sp³-hybridized carbons (Fsp3) is 0.333. The van der Waals surface area contributed by atoms with Crippen LogP contribution in [0.5, 0.6) is 0 Å². The molecule has 0 aliphatic carbocycles. The van der Waals surface area contributed by atoms with Gasteiger partial charge in [0.2, 0.25) is 5.56 Å². The second-order valence-electron chi connectivity index (χ2n) is 7.31. The van der Waals surface area contributed by atoms with E-state index in [4.69, 9.17) is 0 Å². The normalized spacial score (nSPS) is 14.9. The highest BCUT2D eigenvalue weighted by Gasteiger charge is 2.20. The lowest BCUT2D eigenvalue weighted by Crippen LogP contribution is -2.37. The minimum absolute atomic E-state index is 0.103. The van der Waals surface area contributed by atoms with Crippen LogP contribution in [-0.4, -0.2) is 52.7 Å². The number of rotatable bonds is 4. The first-order valence-electron chi connectivity index (χ1n) is 9.53. The van der Waals surface area contributed by atoms with Gasteiger partial charge in [-0.15, -0.1) is 10.2 Å². The molecule has 0 radical (unpaired) electrons. The minimum atomic E-state index is -0.128. The number of nitrogens with zero attached hydrogens (tertiary/aromatic N) is 3. The predicted octanol–water partition coefficient (Wildman–Crippen LogP) is 2.06. The summed E-state index contributed by atoms with van der Waals surface area (Å²) in [7, 11) is 1.82. The lowest BCUT2D eigenvalue weighted by molar-refractivity contribution is 0.0756. The molecule has 0 unspecified atom stereocenters. The topological polar surface area (TPSA) is 91.0 Å². The second-order valence-corrected chi connectivity index (χ2v) is 7.31. The molecular formula is C21H23N5O2. The van der Waals surface area contributed by atoms with Gasteiger partial charge in [0, 0.05) is 30.7 Å². The average Bonchev–Trinajstić information content (AvgIpc) is 2.73. The number of benzene rings is 1. The maximum absolute atomic E-state index is 12.6. The molecule has 28 heavy (non-hydrogen) atoms. The van der Waals surface area contributed by atoms with Crippen molar-refractivity contribution >= 4 is 16.8 Å². The first-order chi connectivity index (χ1) is 13.6. The molecule has 2 aromatic heterocycles. The molecule has 0 bridgehead atoms. The number of nitrogens with one attached hydrogen (secondary N) is 2. The van der Waals surface area contributed by atoms with E-state index in [1.807, 2.05) is 31.3 Å². The number of piperidine rings is 1. The van der Waals surface area contributed by atoms with Crippen LogP contribution in [0, 0.1) is 5.92 Å². The molecule has 7 heteroatoms. The van der Waals surface area contributed by atoms with Crippen LogP contribution in [0.4, 0.5) is 0 Å². The van der Waals surface area contributed by atoms with Crippen molar-refractivity contribution in [1.29, 1.82) is 0 Å². The van der Waals surface area contributed by atoms with Gasteiger partial charge in [0.1, 0.15) is 0 Å². The summed E-state index contributed by atoms with van der Waals surface area (Å²) in [6.07, 6.45) is 2.19. The van der Waals surface area contributed by atoms with Crippen LogP contribution in [0.25, 0.3) is 22.2 Å². The number of aromatic amines is 1. The Hall–Kier alpha value is -3.06. The third-order valence-corrected chi connectivity index (χ3v) is 5.24. The summed E-state index contributed by atoms with van der Waals surface area (Å²) in [4.78, 5) is 28.6. The molecule has 3 heterocycles. The van der Waals surface area contributed by atoms with Crippen molar-refractivity contribution in [2.24, 2.45) is 5.92 Å². The Morgan fingerprint density at radius 1 is 1.11 bits per heavy atom. The lowest BCUT2D eigenvalue weighted by Gasteiger charge is -2.27. The highest BCUT2D eigenvalue weighted by Crippen LogP contribution is 2.21. The number of amides is 1. The van der Waals surface area contributed by atoms with E-state index in [-0.39, 0.29) is 11.5 Å². The van der Waals surface area contributed by atoms with Gasteiger partial charge in [-0.2, -0.15) is 0 Å². The molecule has 0 atom stereocenters. The number of carbonyl (C=O) groups is 1. The molecule has 1 aliphatic heterocycles. The third kappa shape index (κ3) is 3.94. The van der Waals surface area contributed by atoms with Crippen LogP contribution < -0.4 is 10.9 Å². The molecule has 1 saturated heterocycles. The minimum Gasteiger partial charge on any atom is -0.340 e. The Labute approximate surface area is 162 Å². The Kier molecular flexibility index (Phi) is 5.16. The molecule has 0 spiro atoms. The predicted molar refractivity (Wildman–Crippen MR) is 108 cm³/mol. The zero-order valence-electron chi connectivity index (χ0n) is 15.8. The molecule has 2 N–H and O–H groups in total. The number of carbonyl (C=O) groups excluding carboxylic acids is 1. The molecule has 1 aliphatic rings. The molecule has 0 saturated carbocycles. The van der Waals surface area contributed by atoms with E-state index in [1.165, 1.54) is 6.07 Å². The first kappa shape index (κ1) is 18.3. The molecule has 1 amide bonds. The number of pyridine rings is 1. The van der Waals surface area contributed by atoms with Gasteiger partial charge in [-0.05, 0) is 67.6 Å². The van der Waals surface area contributed by atoms with Crippen LogP contribution in [0.15, 0.2) is 47.3 Å². The number of aromatic nitrogens is 3. The zero-order valence-corrected chi connectivity index (χ0v) is 15.8. The number of hydrogen-bond donors (Lipinski definition) is 2. The Morgan fingerprint density at radius 2 is 1.93 bits per heavy atom. The van der Waals surface area contributed by atoms with Crippen molar-refractivity contribution in [2.75, 3.05) is 26.7 Å². The Bertz CT molecular complexity index is 1040. The number of H-pyrrole nitrogens is 1. The highest BCUT2D eigenvalue weighted by atomic mass is 16.2. The number of hydrogen-bond acceptors (Lipinski definition) is 5. The van der Waals surface area contributed by atoms with Crippen molar-refractivity contribution in [1.82, 2.24) is 25.4 Å². The summed E-state index contributed by atoms with van der Waals surface area (Å²) in [5, 5.41) is 12.7. The van der Waals surface area contributed by atoms with Crippen LogP contribution in [0.3, 0.4) is 0 Å². The maximum atomic E-state index is 12.6. The summed E-state index contributed by atoms with van der Waals surface area (Å²) in [5.74, 6) is 0.431. The highest BCUT2D eigenvalue weighted by molar-refractivity contribution is 5.92. The third-order valence-electron chi connectivity index (χ3n) is 5.24. The Balaban J connectivity index is 1.49. The molecule has 7 nitrogen and oxygen atoms in total. The van der Waals surface area contributed by atoms with E-state index in [0.29, 0.717) is 17.3 Å². The van der Waals surface area contributed by atoms with Gasteiger partial charge < -0.3 is 15.2 Å². The van der Waals surface area contributed by atoms with Crippen LogP contribution in [0.2, 0.25) is 0 Å². The molecule has 1 aromatic carbocycles. The summed E-state index contributed by atoms with van der Waals surface area (Å²) in [5.41, 5.74) is 2.57. The van der Waals surface area contributed by atoms with Crippen LogP contribution in [-0.2, 0) is 0 Å². The lowest BCUT2D eigenvalue weighted by atomic mass is 9.97. The van der Waals surface area contributed by atoms with Crippen molar-refractivity contribution in [3.05, 3.63) is 58.5 Å². The fourth-order valence-corrected chi connectivity index (χ4v) is 3.64. The first-order valence-corrected chi connectivity index (χ1v) is 9.53. The second kappa shape index (κ2) is 7.90. The van der Waals surface area contributed by atoms with E-state index in [0.717, 1.165) is 48.9 Å². The maximum Gasteiger partial charge on any atom is 0.274 e. The monoisotopic (exact) mass is 377 g/mol. The zero-order chi connectivity index (χ0) is 19.5. The molecule has 3 aromatic rings. The van der Waals surface area contributed by atoms with Gasteiger partial charge >= 0.3 is 0 Å². The van der Waals surface area contributed by atoms with Gasteiger partial charge in [-0.1, -0.05) is 6.07 Å². The van der Waals surface area contributed by atoms with Gasteiger partial charge in [0.15, 0.2) is 5.69 Å². The van der Waals surface area contributed by atoms with E-state index in [2.05, 4.69) is 20.5 Å². The average molecular weight is 377 g/mol. The smallest absolute Gasteiger partial charge is 0.274 e. The van der Waals surface area contributed by atoms with Crippen LogP contribution in [0.1, 0.15) is 23.3 Å². The van der Waals surface area contributed by atoms with E-state index in [9.17, 15) is 9.59 Å². The molecule has 4 rings (SSSR count). The largest absolute Gasteiger partial charge is 0.340 e. The Morgan fingerprint density at radius 3 is 2.68 bits per heavy atom. The molecule has 1 fully saturated rings. The van der Waals surface area contributed by atoms with Crippen molar-refractivity contribution in [3.63, 3.8) is 0 Å². The molecular weight excluding hydrogens is 354 g/mol. The van der Waals surface area contributed by atoms with E-state index < -0.39 is 0 Å².